The molecule has 0 amide bonds. The SMILES string of the molecule is Cc1ccc(C)c(C(=O)COC(=O)c2ccc(-n3c(C)ccc3C)cc2)c1. The van der Waals surface area contributed by atoms with Crippen LogP contribution in [0.15, 0.2) is 54.6 Å². The van der Waals surface area contributed by atoms with Crippen LogP contribution in [0.3, 0.4) is 0 Å². The van der Waals surface area contributed by atoms with Crippen LogP contribution < -0.4 is 0 Å². The molecular weight excluding hydrogens is 338 g/mol. The van der Waals surface area contributed by atoms with Gasteiger partial charge in [0, 0.05) is 22.6 Å². The van der Waals surface area contributed by atoms with Crippen molar-refractivity contribution in [3.8, 4) is 5.69 Å². The normalized spacial score (nSPS) is 10.7. The lowest BCUT2D eigenvalue weighted by Crippen LogP contribution is -2.15. The van der Waals surface area contributed by atoms with Crippen molar-refractivity contribution >= 4 is 11.8 Å². The predicted molar refractivity (Wildman–Crippen MR) is 106 cm³/mol. The van der Waals surface area contributed by atoms with Gasteiger partial charge in [0.2, 0.25) is 5.78 Å². The maximum atomic E-state index is 12.4. The van der Waals surface area contributed by atoms with Gasteiger partial charge in [-0.15, -0.1) is 0 Å². The molecule has 0 unspecified atom stereocenters. The minimum atomic E-state index is -0.499. The average molecular weight is 361 g/mol. The number of nitrogens with zero attached hydrogens (tertiary/aromatic N) is 1. The molecule has 3 aromatic rings. The van der Waals surface area contributed by atoms with Crippen LogP contribution in [-0.4, -0.2) is 22.9 Å². The monoisotopic (exact) mass is 361 g/mol. The van der Waals surface area contributed by atoms with Crippen LogP contribution in [0.25, 0.3) is 5.69 Å². The van der Waals surface area contributed by atoms with Gasteiger partial charge in [-0.3, -0.25) is 4.79 Å². The number of carbonyl (C=O) groups is 2. The highest BCUT2D eigenvalue weighted by Crippen LogP contribution is 2.17. The zero-order valence-electron chi connectivity index (χ0n) is 16.1. The molecule has 0 saturated heterocycles. The van der Waals surface area contributed by atoms with Crippen molar-refractivity contribution in [2.45, 2.75) is 27.7 Å². The van der Waals surface area contributed by atoms with Crippen LogP contribution in [0.4, 0.5) is 0 Å². The van der Waals surface area contributed by atoms with E-state index in [0.717, 1.165) is 28.2 Å². The van der Waals surface area contributed by atoms with Crippen LogP contribution in [0.2, 0.25) is 0 Å². The molecule has 0 aliphatic rings. The molecule has 2 aromatic carbocycles. The Morgan fingerprint density at radius 3 is 2.11 bits per heavy atom. The van der Waals surface area contributed by atoms with Gasteiger partial charge in [0.15, 0.2) is 6.61 Å². The second kappa shape index (κ2) is 7.62. The summed E-state index contributed by atoms with van der Waals surface area (Å²) in [5.41, 5.74) is 6.14. The summed E-state index contributed by atoms with van der Waals surface area (Å²) in [4.78, 5) is 24.6. The summed E-state index contributed by atoms with van der Waals surface area (Å²) in [7, 11) is 0. The van der Waals surface area contributed by atoms with Gasteiger partial charge >= 0.3 is 5.97 Å². The highest BCUT2D eigenvalue weighted by molar-refractivity contribution is 6.00. The first-order valence-electron chi connectivity index (χ1n) is 8.90. The molecule has 4 heteroatoms. The van der Waals surface area contributed by atoms with Gasteiger partial charge < -0.3 is 9.30 Å². The molecule has 0 fully saturated rings. The molecule has 4 nitrogen and oxygen atoms in total. The fourth-order valence-electron chi connectivity index (χ4n) is 3.15. The second-order valence-electron chi connectivity index (χ2n) is 6.82. The van der Waals surface area contributed by atoms with Gasteiger partial charge in [0.05, 0.1) is 5.56 Å². The molecule has 0 aliphatic heterocycles. The molecule has 0 atom stereocenters. The van der Waals surface area contributed by atoms with Gasteiger partial charge in [-0.1, -0.05) is 17.7 Å². The number of hydrogen-bond donors (Lipinski definition) is 0. The first-order chi connectivity index (χ1) is 12.9. The number of ether oxygens (including phenoxy) is 1. The summed E-state index contributed by atoms with van der Waals surface area (Å²) < 4.78 is 7.33. The highest BCUT2D eigenvalue weighted by atomic mass is 16.5. The molecule has 0 N–H and O–H groups in total. The first-order valence-corrected chi connectivity index (χ1v) is 8.90. The van der Waals surface area contributed by atoms with E-state index < -0.39 is 5.97 Å². The van der Waals surface area contributed by atoms with E-state index >= 15 is 0 Å². The first kappa shape index (κ1) is 18.6. The minimum Gasteiger partial charge on any atom is -0.454 e. The van der Waals surface area contributed by atoms with Gasteiger partial charge in [-0.05, 0) is 75.7 Å². The van der Waals surface area contributed by atoms with E-state index in [4.69, 9.17) is 4.74 Å². The standard InChI is InChI=1S/C23H23NO3/c1-15-5-6-16(2)21(13-15)22(25)14-27-23(26)19-9-11-20(12-10-19)24-17(3)7-8-18(24)4/h5-13H,14H2,1-4H3. The summed E-state index contributed by atoms with van der Waals surface area (Å²) >= 11 is 0. The van der Waals surface area contributed by atoms with E-state index in [1.54, 1.807) is 12.1 Å². The van der Waals surface area contributed by atoms with Crippen molar-refractivity contribution in [2.75, 3.05) is 6.61 Å². The Balaban J connectivity index is 1.68. The minimum absolute atomic E-state index is 0.195. The second-order valence-corrected chi connectivity index (χ2v) is 6.82. The number of rotatable bonds is 5. The number of aromatic nitrogens is 1. The van der Waals surface area contributed by atoms with E-state index in [-0.39, 0.29) is 12.4 Å². The number of aryl methyl sites for hydroxylation is 4. The Morgan fingerprint density at radius 2 is 1.48 bits per heavy atom. The Morgan fingerprint density at radius 1 is 0.852 bits per heavy atom. The van der Waals surface area contributed by atoms with Crippen LogP contribution in [0, 0.1) is 27.7 Å². The number of esters is 1. The zero-order valence-corrected chi connectivity index (χ0v) is 16.1. The Hall–Kier alpha value is -3.14. The molecule has 0 bridgehead atoms. The molecule has 27 heavy (non-hydrogen) atoms. The van der Waals surface area contributed by atoms with E-state index in [1.807, 2.05) is 58.0 Å². The number of Topliss-reactive ketones (excluding diaryl/α,β-unsaturated/α-hetero) is 1. The lowest BCUT2D eigenvalue weighted by atomic mass is 10.0. The fraction of sp³-hybridized carbons (Fsp3) is 0.217. The maximum Gasteiger partial charge on any atom is 0.338 e. The van der Waals surface area contributed by atoms with Crippen molar-refractivity contribution in [3.05, 3.63) is 88.2 Å². The lowest BCUT2D eigenvalue weighted by Gasteiger charge is -2.10. The Bertz CT molecular complexity index is 977. The van der Waals surface area contributed by atoms with E-state index in [2.05, 4.69) is 16.7 Å². The topological polar surface area (TPSA) is 48.3 Å². The summed E-state index contributed by atoms with van der Waals surface area (Å²) in [6.45, 7) is 7.61. The van der Waals surface area contributed by atoms with Crippen molar-refractivity contribution in [1.82, 2.24) is 4.57 Å². The van der Waals surface area contributed by atoms with Crippen molar-refractivity contribution in [1.29, 1.82) is 0 Å². The number of benzene rings is 2. The zero-order chi connectivity index (χ0) is 19.6. The van der Waals surface area contributed by atoms with Gasteiger partial charge in [0.25, 0.3) is 0 Å². The van der Waals surface area contributed by atoms with E-state index in [1.165, 1.54) is 0 Å². The molecule has 0 saturated carbocycles. The van der Waals surface area contributed by atoms with Crippen LogP contribution in [0.5, 0.6) is 0 Å². The summed E-state index contributed by atoms with van der Waals surface area (Å²) in [6.07, 6.45) is 0. The molecule has 1 heterocycles. The number of ketones is 1. The average Bonchev–Trinajstić information content (AvgIpc) is 3.00. The third-order valence-corrected chi connectivity index (χ3v) is 4.66. The predicted octanol–water partition coefficient (Wildman–Crippen LogP) is 4.75. The Kier molecular flexibility index (Phi) is 5.26. The molecular formula is C23H23NO3. The van der Waals surface area contributed by atoms with Gasteiger partial charge in [0.1, 0.15) is 0 Å². The van der Waals surface area contributed by atoms with E-state index in [0.29, 0.717) is 11.1 Å². The third-order valence-electron chi connectivity index (χ3n) is 4.66. The smallest absolute Gasteiger partial charge is 0.338 e. The van der Waals surface area contributed by atoms with Crippen molar-refractivity contribution < 1.29 is 14.3 Å². The van der Waals surface area contributed by atoms with Crippen molar-refractivity contribution in [2.24, 2.45) is 0 Å². The fourth-order valence-corrected chi connectivity index (χ4v) is 3.15. The molecule has 0 radical (unpaired) electrons. The van der Waals surface area contributed by atoms with Crippen molar-refractivity contribution in [3.63, 3.8) is 0 Å². The van der Waals surface area contributed by atoms with Gasteiger partial charge in [-0.25, -0.2) is 4.79 Å². The van der Waals surface area contributed by atoms with E-state index in [9.17, 15) is 9.59 Å². The largest absolute Gasteiger partial charge is 0.454 e. The van der Waals surface area contributed by atoms with Crippen LogP contribution >= 0.6 is 0 Å². The Labute approximate surface area is 159 Å². The van der Waals surface area contributed by atoms with Crippen LogP contribution in [0.1, 0.15) is 43.2 Å². The van der Waals surface area contributed by atoms with Crippen LogP contribution in [-0.2, 0) is 4.74 Å². The molecule has 0 aliphatic carbocycles. The number of carbonyl (C=O) groups excluding carboxylic acids is 2. The maximum absolute atomic E-state index is 12.4. The molecule has 1 aromatic heterocycles. The molecule has 0 spiro atoms. The summed E-state index contributed by atoms with van der Waals surface area (Å²) in [5, 5.41) is 0. The molecule has 3 rings (SSSR count). The van der Waals surface area contributed by atoms with Gasteiger partial charge in [-0.2, -0.15) is 0 Å². The summed E-state index contributed by atoms with van der Waals surface area (Å²) in [5.74, 6) is -0.694. The number of hydrogen-bond acceptors (Lipinski definition) is 3. The lowest BCUT2D eigenvalue weighted by molar-refractivity contribution is 0.0474. The quantitative estimate of drug-likeness (QED) is 0.487. The summed E-state index contributed by atoms with van der Waals surface area (Å²) in [6, 6.07) is 17.0. The highest BCUT2D eigenvalue weighted by Gasteiger charge is 2.14. The molecule has 138 valence electrons. The third kappa shape index (κ3) is 4.00.